The predicted octanol–water partition coefficient (Wildman–Crippen LogP) is 2.82. The molecule has 0 aromatic heterocycles. The second kappa shape index (κ2) is 8.68. The van der Waals surface area contributed by atoms with Crippen molar-refractivity contribution in [2.75, 3.05) is 5.75 Å². The summed E-state index contributed by atoms with van der Waals surface area (Å²) in [6, 6.07) is 3.76. The van der Waals surface area contributed by atoms with Crippen molar-refractivity contribution < 1.29 is 36.3 Å². The van der Waals surface area contributed by atoms with E-state index >= 15 is 0 Å². The van der Waals surface area contributed by atoms with Crippen LogP contribution in [0.4, 0.5) is 22.0 Å². The highest BCUT2D eigenvalue weighted by Crippen LogP contribution is 2.35. The molecule has 158 valence electrons. The lowest BCUT2D eigenvalue weighted by molar-refractivity contribution is -0.136. The minimum Gasteiger partial charge on any atom is -0.322 e. The molecule has 3 rings (SSSR count). The van der Waals surface area contributed by atoms with Gasteiger partial charge in [0.25, 0.3) is 12.3 Å². The first kappa shape index (κ1) is 21.5. The number of nitrogens with zero attached hydrogens (tertiary/aromatic N) is 1. The lowest BCUT2D eigenvalue weighted by Crippen LogP contribution is -2.52. The van der Waals surface area contributed by atoms with Crippen molar-refractivity contribution >= 4 is 29.5 Å². The molecule has 2 aliphatic rings. The fourth-order valence-electron chi connectivity index (χ4n) is 3.29. The molecule has 0 bridgehead atoms. The summed E-state index contributed by atoms with van der Waals surface area (Å²) >= 11 is 0.783. The van der Waals surface area contributed by atoms with E-state index in [1.807, 2.05) is 0 Å². The van der Waals surface area contributed by atoms with Gasteiger partial charge in [-0.05, 0) is 24.1 Å². The number of benzene rings is 1. The quantitative estimate of drug-likeness (QED) is 0.406. The summed E-state index contributed by atoms with van der Waals surface area (Å²) in [5, 5.41) is 2.18. The number of alkyl halides is 5. The topological polar surface area (TPSA) is 66.5 Å². The van der Waals surface area contributed by atoms with Crippen LogP contribution in [0.3, 0.4) is 0 Å². The second-order valence-electron chi connectivity index (χ2n) is 6.73. The standard InChI is InChI=1S/C18H17F5N2O3S/c19-10(14(20)15(21)16(22)23)7-29-12-3-1-2-8-9(12)6-25(18(8)28)11-4-5-13(26)24-17(11)27/h1-3,10-11,14-16H,4-7H2,(H,24,26,27). The molecule has 11 heteroatoms. The fraction of sp³-hybridized carbons (Fsp3) is 0.500. The van der Waals surface area contributed by atoms with Gasteiger partial charge in [-0.1, -0.05) is 6.07 Å². The summed E-state index contributed by atoms with van der Waals surface area (Å²) in [5.74, 6) is -2.05. The van der Waals surface area contributed by atoms with E-state index in [2.05, 4.69) is 5.32 Å². The van der Waals surface area contributed by atoms with Crippen LogP contribution < -0.4 is 5.32 Å². The van der Waals surface area contributed by atoms with Crippen molar-refractivity contribution in [3.63, 3.8) is 0 Å². The number of imide groups is 1. The Bertz CT molecular complexity index is 825. The van der Waals surface area contributed by atoms with E-state index in [0.29, 0.717) is 10.5 Å². The molecular weight excluding hydrogens is 419 g/mol. The number of nitrogens with one attached hydrogen (secondary N) is 1. The molecule has 0 spiro atoms. The Hall–Kier alpha value is -2.17. The van der Waals surface area contributed by atoms with E-state index in [1.165, 1.54) is 17.0 Å². The van der Waals surface area contributed by atoms with Crippen LogP contribution >= 0.6 is 11.8 Å². The Labute approximate surface area is 167 Å². The number of carbonyl (C=O) groups excluding carboxylic acids is 3. The van der Waals surface area contributed by atoms with Crippen LogP contribution in [0, 0.1) is 0 Å². The largest absolute Gasteiger partial charge is 0.322 e. The highest BCUT2D eigenvalue weighted by Gasteiger charge is 2.40. The lowest BCUT2D eigenvalue weighted by atomic mass is 10.0. The number of fused-ring (bicyclic) bond motifs is 1. The highest BCUT2D eigenvalue weighted by atomic mass is 32.2. The van der Waals surface area contributed by atoms with Crippen molar-refractivity contribution in [2.24, 2.45) is 0 Å². The number of rotatable bonds is 7. The van der Waals surface area contributed by atoms with Crippen LogP contribution in [-0.4, -0.2) is 59.4 Å². The summed E-state index contributed by atoms with van der Waals surface area (Å²) in [5.41, 5.74) is 0.767. The average molecular weight is 436 g/mol. The monoisotopic (exact) mass is 436 g/mol. The average Bonchev–Trinajstić information content (AvgIpc) is 3.02. The number of hydrogen-bond donors (Lipinski definition) is 1. The zero-order chi connectivity index (χ0) is 21.3. The van der Waals surface area contributed by atoms with Crippen LogP contribution in [-0.2, 0) is 16.1 Å². The van der Waals surface area contributed by atoms with Gasteiger partial charge in [-0.2, -0.15) is 0 Å². The molecule has 29 heavy (non-hydrogen) atoms. The van der Waals surface area contributed by atoms with Gasteiger partial charge in [-0.25, -0.2) is 22.0 Å². The van der Waals surface area contributed by atoms with Gasteiger partial charge in [0, 0.05) is 29.2 Å². The molecule has 1 aromatic carbocycles. The van der Waals surface area contributed by atoms with Crippen molar-refractivity contribution in [3.05, 3.63) is 29.3 Å². The summed E-state index contributed by atoms with van der Waals surface area (Å²) in [4.78, 5) is 37.7. The van der Waals surface area contributed by atoms with Crippen LogP contribution in [0.25, 0.3) is 0 Å². The number of piperidine rings is 1. The molecule has 0 aliphatic carbocycles. The minimum absolute atomic E-state index is 0.0302. The molecule has 1 aromatic rings. The van der Waals surface area contributed by atoms with Crippen molar-refractivity contribution in [1.29, 1.82) is 0 Å². The zero-order valence-corrected chi connectivity index (χ0v) is 15.7. The summed E-state index contributed by atoms with van der Waals surface area (Å²) < 4.78 is 64.8. The molecular formula is C18H17F5N2O3S. The third-order valence-corrected chi connectivity index (χ3v) is 6.01. The molecule has 1 fully saturated rings. The van der Waals surface area contributed by atoms with Gasteiger partial charge in [0.2, 0.25) is 11.8 Å². The molecule has 1 N–H and O–H groups in total. The maximum Gasteiger partial charge on any atom is 0.272 e. The van der Waals surface area contributed by atoms with E-state index in [0.717, 1.165) is 11.8 Å². The normalized spacial score (nSPS) is 22.5. The molecule has 0 radical (unpaired) electrons. The molecule has 5 nitrogen and oxygen atoms in total. The smallest absolute Gasteiger partial charge is 0.272 e. The van der Waals surface area contributed by atoms with Gasteiger partial charge in [-0.3, -0.25) is 19.7 Å². The minimum atomic E-state index is -3.62. The summed E-state index contributed by atoms with van der Waals surface area (Å²) in [6.45, 7) is 0.0302. The third-order valence-electron chi connectivity index (χ3n) is 4.83. The second-order valence-corrected chi connectivity index (χ2v) is 7.79. The molecule has 0 saturated carbocycles. The number of hydrogen-bond acceptors (Lipinski definition) is 4. The van der Waals surface area contributed by atoms with Gasteiger partial charge < -0.3 is 4.90 Å². The number of amides is 3. The Kier molecular flexibility index (Phi) is 6.45. The Morgan fingerprint density at radius 3 is 2.48 bits per heavy atom. The molecule has 2 heterocycles. The number of thioether (sulfide) groups is 1. The maximum absolute atomic E-state index is 13.8. The lowest BCUT2D eigenvalue weighted by Gasteiger charge is -2.29. The van der Waals surface area contributed by atoms with Gasteiger partial charge in [0.1, 0.15) is 12.2 Å². The van der Waals surface area contributed by atoms with Crippen LogP contribution in [0.15, 0.2) is 23.1 Å². The first-order valence-corrected chi connectivity index (χ1v) is 9.79. The Balaban J connectivity index is 1.71. The Morgan fingerprint density at radius 2 is 1.83 bits per heavy atom. The fourth-order valence-corrected chi connectivity index (χ4v) is 4.34. The van der Waals surface area contributed by atoms with Crippen molar-refractivity contribution in [2.45, 2.75) is 55.3 Å². The first-order chi connectivity index (χ1) is 13.7. The van der Waals surface area contributed by atoms with E-state index in [-0.39, 0.29) is 24.9 Å². The van der Waals surface area contributed by atoms with Gasteiger partial charge in [-0.15, -0.1) is 11.8 Å². The zero-order valence-electron chi connectivity index (χ0n) is 14.9. The van der Waals surface area contributed by atoms with Gasteiger partial charge in [0.05, 0.1) is 0 Å². The summed E-state index contributed by atoms with van der Waals surface area (Å²) in [6.07, 6.45) is -12.0. The highest BCUT2D eigenvalue weighted by molar-refractivity contribution is 7.99. The van der Waals surface area contributed by atoms with Crippen LogP contribution in [0.1, 0.15) is 28.8 Å². The van der Waals surface area contributed by atoms with E-state index < -0.39 is 54.5 Å². The van der Waals surface area contributed by atoms with Crippen LogP contribution in [0.2, 0.25) is 0 Å². The summed E-state index contributed by atoms with van der Waals surface area (Å²) in [7, 11) is 0. The maximum atomic E-state index is 13.8. The molecule has 2 aliphatic heterocycles. The predicted molar refractivity (Wildman–Crippen MR) is 93.9 cm³/mol. The molecule has 1 saturated heterocycles. The molecule has 3 amide bonds. The van der Waals surface area contributed by atoms with E-state index in [9.17, 15) is 36.3 Å². The number of halogens is 5. The molecule has 4 unspecified atom stereocenters. The SMILES string of the molecule is O=C1CCC(N2Cc3c(SCC(F)C(F)C(F)C(F)F)cccc3C2=O)C(=O)N1. The van der Waals surface area contributed by atoms with Gasteiger partial charge in [0.15, 0.2) is 12.3 Å². The van der Waals surface area contributed by atoms with Crippen molar-refractivity contribution in [3.8, 4) is 0 Å². The first-order valence-electron chi connectivity index (χ1n) is 8.80. The van der Waals surface area contributed by atoms with Crippen LogP contribution in [0.5, 0.6) is 0 Å². The van der Waals surface area contributed by atoms with E-state index in [4.69, 9.17) is 0 Å². The molecule has 4 atom stereocenters. The third kappa shape index (κ3) is 4.39. The Morgan fingerprint density at radius 1 is 1.10 bits per heavy atom. The van der Waals surface area contributed by atoms with Gasteiger partial charge >= 0.3 is 0 Å². The number of carbonyl (C=O) groups is 3. The van der Waals surface area contributed by atoms with E-state index in [1.54, 1.807) is 6.07 Å². The van der Waals surface area contributed by atoms with Crippen molar-refractivity contribution in [1.82, 2.24) is 10.2 Å².